The highest BCUT2D eigenvalue weighted by Crippen LogP contribution is 2.22. The second-order valence-electron chi connectivity index (χ2n) is 8.67. The summed E-state index contributed by atoms with van der Waals surface area (Å²) in [5.41, 5.74) is 0.803. The van der Waals surface area contributed by atoms with Crippen LogP contribution < -0.4 is 5.32 Å². The van der Waals surface area contributed by atoms with Gasteiger partial charge >= 0.3 is 6.09 Å². The monoisotopic (exact) mass is 404 g/mol. The van der Waals surface area contributed by atoms with Crippen molar-refractivity contribution in [2.24, 2.45) is 5.92 Å². The minimum absolute atomic E-state index is 0.0880. The van der Waals surface area contributed by atoms with Crippen molar-refractivity contribution in [1.82, 2.24) is 10.2 Å². The van der Waals surface area contributed by atoms with Crippen molar-refractivity contribution in [3.63, 3.8) is 0 Å². The van der Waals surface area contributed by atoms with E-state index >= 15 is 0 Å². The summed E-state index contributed by atoms with van der Waals surface area (Å²) < 4.78 is 11.0. The second-order valence-corrected chi connectivity index (χ2v) is 8.67. The maximum atomic E-state index is 12.1. The highest BCUT2D eigenvalue weighted by molar-refractivity contribution is 5.76. The molecule has 0 radical (unpaired) electrons. The molecule has 6 nitrogen and oxygen atoms in total. The third-order valence-electron chi connectivity index (χ3n) is 4.91. The summed E-state index contributed by atoms with van der Waals surface area (Å²) in [4.78, 5) is 26.0. The van der Waals surface area contributed by atoms with Gasteiger partial charge in [0.15, 0.2) is 0 Å². The molecule has 1 saturated heterocycles. The maximum absolute atomic E-state index is 12.1. The molecule has 0 atom stereocenters. The van der Waals surface area contributed by atoms with Crippen molar-refractivity contribution in [2.45, 2.75) is 58.5 Å². The van der Waals surface area contributed by atoms with E-state index in [4.69, 9.17) is 9.47 Å². The summed E-state index contributed by atoms with van der Waals surface area (Å²) in [6.45, 7) is 8.92. The zero-order valence-electron chi connectivity index (χ0n) is 18.1. The molecule has 6 heteroatoms. The molecule has 1 aliphatic rings. The third-order valence-corrected chi connectivity index (χ3v) is 4.91. The van der Waals surface area contributed by atoms with Crippen LogP contribution in [-0.2, 0) is 20.7 Å². The lowest BCUT2D eigenvalue weighted by Gasteiger charge is -2.33. The van der Waals surface area contributed by atoms with Gasteiger partial charge < -0.3 is 19.7 Å². The van der Waals surface area contributed by atoms with Gasteiger partial charge in [-0.05, 0) is 57.9 Å². The third kappa shape index (κ3) is 9.79. The number of nitrogens with zero attached hydrogens (tertiary/aromatic N) is 1. The molecule has 1 aromatic rings. The first kappa shape index (κ1) is 23.2. The molecule has 1 N–H and O–H groups in total. The molecule has 1 aromatic carbocycles. The summed E-state index contributed by atoms with van der Waals surface area (Å²) in [6, 6.07) is 10.3. The van der Waals surface area contributed by atoms with Crippen LogP contribution in [0.3, 0.4) is 0 Å². The molecular formula is C23H36N2O4. The van der Waals surface area contributed by atoms with Crippen molar-refractivity contribution >= 4 is 12.0 Å². The summed E-state index contributed by atoms with van der Waals surface area (Å²) in [7, 11) is 0. The standard InChI is InChI=1S/C23H36N2O4/c1-23(2,3)29-22(27)25-14-10-20(11-15-25)18-21(26)24-13-7-16-28-17-12-19-8-5-4-6-9-19/h4-6,8-9,20H,7,10-18H2,1-3H3,(H,24,26). The van der Waals surface area contributed by atoms with Crippen LogP contribution in [0.4, 0.5) is 4.79 Å². The Hall–Kier alpha value is -2.08. The molecule has 1 fully saturated rings. The van der Waals surface area contributed by atoms with Gasteiger partial charge in [-0.1, -0.05) is 30.3 Å². The molecule has 0 saturated carbocycles. The number of carbonyl (C=O) groups excluding carboxylic acids is 2. The van der Waals surface area contributed by atoms with E-state index in [0.717, 1.165) is 25.7 Å². The smallest absolute Gasteiger partial charge is 0.410 e. The van der Waals surface area contributed by atoms with E-state index in [9.17, 15) is 9.59 Å². The van der Waals surface area contributed by atoms with Crippen LogP contribution in [0.25, 0.3) is 0 Å². The van der Waals surface area contributed by atoms with E-state index in [0.29, 0.717) is 45.2 Å². The molecule has 0 bridgehead atoms. The Bertz CT molecular complexity index is 620. The van der Waals surface area contributed by atoms with Crippen molar-refractivity contribution in [3.05, 3.63) is 35.9 Å². The molecule has 29 heavy (non-hydrogen) atoms. The van der Waals surface area contributed by atoms with Crippen molar-refractivity contribution in [2.75, 3.05) is 32.8 Å². The quantitative estimate of drug-likeness (QED) is 0.636. The number of piperidine rings is 1. The normalized spacial score (nSPS) is 15.2. The Balaban J connectivity index is 1.49. The molecular weight excluding hydrogens is 368 g/mol. The summed E-state index contributed by atoms with van der Waals surface area (Å²) in [5, 5.41) is 2.98. The number of benzene rings is 1. The highest BCUT2D eigenvalue weighted by Gasteiger charge is 2.27. The molecule has 0 spiro atoms. The number of amides is 2. The SMILES string of the molecule is CC(C)(C)OC(=O)N1CCC(CC(=O)NCCCOCCc2ccccc2)CC1. The van der Waals surface area contributed by atoms with E-state index < -0.39 is 5.60 Å². The average molecular weight is 405 g/mol. The van der Waals surface area contributed by atoms with E-state index in [1.807, 2.05) is 39.0 Å². The number of ether oxygens (including phenoxy) is 2. The van der Waals surface area contributed by atoms with Crippen LogP contribution >= 0.6 is 0 Å². The number of nitrogens with one attached hydrogen (secondary N) is 1. The number of hydrogen-bond donors (Lipinski definition) is 1. The molecule has 0 unspecified atom stereocenters. The Morgan fingerprint density at radius 2 is 1.79 bits per heavy atom. The van der Waals surface area contributed by atoms with Crippen LogP contribution in [0.15, 0.2) is 30.3 Å². The summed E-state index contributed by atoms with van der Waals surface area (Å²) in [5.74, 6) is 0.417. The zero-order chi connectivity index (χ0) is 21.1. The lowest BCUT2D eigenvalue weighted by molar-refractivity contribution is -0.122. The van der Waals surface area contributed by atoms with Crippen LogP contribution in [-0.4, -0.2) is 55.3 Å². The van der Waals surface area contributed by atoms with Crippen LogP contribution in [0.5, 0.6) is 0 Å². The van der Waals surface area contributed by atoms with Gasteiger partial charge in [0, 0.05) is 32.7 Å². The molecule has 1 aliphatic heterocycles. The first-order valence-corrected chi connectivity index (χ1v) is 10.7. The molecule has 162 valence electrons. The van der Waals surface area contributed by atoms with Crippen LogP contribution in [0, 0.1) is 5.92 Å². The maximum Gasteiger partial charge on any atom is 0.410 e. The lowest BCUT2D eigenvalue weighted by atomic mass is 9.93. The average Bonchev–Trinajstić information content (AvgIpc) is 2.67. The fourth-order valence-electron chi connectivity index (χ4n) is 3.32. The Morgan fingerprint density at radius 3 is 2.45 bits per heavy atom. The minimum atomic E-state index is -0.473. The number of carbonyl (C=O) groups is 2. The van der Waals surface area contributed by atoms with E-state index in [1.165, 1.54) is 5.56 Å². The van der Waals surface area contributed by atoms with E-state index in [-0.39, 0.29) is 12.0 Å². The van der Waals surface area contributed by atoms with Crippen LogP contribution in [0.2, 0.25) is 0 Å². The zero-order valence-corrected chi connectivity index (χ0v) is 18.1. The molecule has 0 aromatic heterocycles. The van der Waals surface area contributed by atoms with Gasteiger partial charge in [-0.15, -0.1) is 0 Å². The molecule has 2 rings (SSSR count). The summed E-state index contributed by atoms with van der Waals surface area (Å²) in [6.07, 6.45) is 3.68. The van der Waals surface area contributed by atoms with Gasteiger partial charge in [0.25, 0.3) is 0 Å². The number of hydrogen-bond acceptors (Lipinski definition) is 4. The molecule has 0 aliphatic carbocycles. The van der Waals surface area contributed by atoms with Crippen molar-refractivity contribution in [1.29, 1.82) is 0 Å². The Labute approximate surface area is 174 Å². The topological polar surface area (TPSA) is 67.9 Å². The van der Waals surface area contributed by atoms with Crippen LogP contribution in [0.1, 0.15) is 52.0 Å². The lowest BCUT2D eigenvalue weighted by Crippen LogP contribution is -2.42. The van der Waals surface area contributed by atoms with Gasteiger partial charge in [-0.25, -0.2) is 4.79 Å². The van der Waals surface area contributed by atoms with E-state index in [2.05, 4.69) is 17.4 Å². The first-order chi connectivity index (χ1) is 13.8. The first-order valence-electron chi connectivity index (χ1n) is 10.7. The van der Waals surface area contributed by atoms with Gasteiger partial charge in [-0.3, -0.25) is 4.79 Å². The minimum Gasteiger partial charge on any atom is -0.444 e. The van der Waals surface area contributed by atoms with E-state index in [1.54, 1.807) is 4.90 Å². The second kappa shape index (κ2) is 11.8. The van der Waals surface area contributed by atoms with Crippen molar-refractivity contribution in [3.8, 4) is 0 Å². The predicted molar refractivity (Wildman–Crippen MR) is 114 cm³/mol. The predicted octanol–water partition coefficient (Wildman–Crippen LogP) is 3.79. The van der Waals surface area contributed by atoms with Gasteiger partial charge in [0.2, 0.25) is 5.91 Å². The fraction of sp³-hybridized carbons (Fsp3) is 0.652. The highest BCUT2D eigenvalue weighted by atomic mass is 16.6. The molecule has 1 heterocycles. The van der Waals surface area contributed by atoms with Crippen molar-refractivity contribution < 1.29 is 19.1 Å². The summed E-state index contributed by atoms with van der Waals surface area (Å²) >= 11 is 0. The molecule has 2 amide bonds. The fourth-order valence-corrected chi connectivity index (χ4v) is 3.32. The largest absolute Gasteiger partial charge is 0.444 e. The van der Waals surface area contributed by atoms with Gasteiger partial charge in [0.05, 0.1) is 6.61 Å². The number of likely N-dealkylation sites (tertiary alicyclic amines) is 1. The van der Waals surface area contributed by atoms with Gasteiger partial charge in [-0.2, -0.15) is 0 Å². The van der Waals surface area contributed by atoms with Gasteiger partial charge in [0.1, 0.15) is 5.60 Å². The number of rotatable bonds is 9. The Kier molecular flexibility index (Phi) is 9.45. The Morgan fingerprint density at radius 1 is 1.10 bits per heavy atom.